The molecule has 0 bridgehead atoms. The SMILES string of the molecule is C#CC(=O)N(c1ccc(-n2cnnn2)c(C)c1)C(C(=O)CC1CCCC1)c1c(F)c(F)c(F)c(F)c1F. The van der Waals surface area contributed by atoms with E-state index in [4.69, 9.17) is 6.42 Å². The van der Waals surface area contributed by atoms with Crippen molar-refractivity contribution < 1.29 is 31.5 Å². The first-order chi connectivity index (χ1) is 17.6. The molecule has 7 nitrogen and oxygen atoms in total. The molecule has 1 fully saturated rings. The van der Waals surface area contributed by atoms with Crippen LogP contribution in [-0.4, -0.2) is 31.9 Å². The van der Waals surface area contributed by atoms with Gasteiger partial charge in [-0.1, -0.05) is 25.7 Å². The second-order valence-electron chi connectivity index (χ2n) is 8.75. The van der Waals surface area contributed by atoms with Crippen molar-refractivity contribution in [1.29, 1.82) is 0 Å². The van der Waals surface area contributed by atoms with Gasteiger partial charge in [0.15, 0.2) is 29.1 Å². The van der Waals surface area contributed by atoms with Gasteiger partial charge in [-0.05, 0) is 53.0 Å². The van der Waals surface area contributed by atoms with Crippen LogP contribution in [0.1, 0.15) is 49.3 Å². The summed E-state index contributed by atoms with van der Waals surface area (Å²) in [6, 6.07) is 1.93. The number of carbonyl (C=O) groups excluding carboxylic acids is 2. The summed E-state index contributed by atoms with van der Waals surface area (Å²) in [5, 5.41) is 10.8. The molecule has 1 aromatic heterocycles. The van der Waals surface area contributed by atoms with Crippen LogP contribution >= 0.6 is 0 Å². The number of amides is 1. The lowest BCUT2D eigenvalue weighted by atomic mass is 9.91. The predicted octanol–water partition coefficient (Wildman–Crippen LogP) is 4.52. The van der Waals surface area contributed by atoms with Gasteiger partial charge in [-0.2, -0.15) is 0 Å². The third-order valence-electron chi connectivity index (χ3n) is 6.44. The van der Waals surface area contributed by atoms with E-state index in [1.54, 1.807) is 12.8 Å². The van der Waals surface area contributed by atoms with Crippen molar-refractivity contribution in [2.75, 3.05) is 4.90 Å². The van der Waals surface area contributed by atoms with Crippen LogP contribution in [0, 0.1) is 54.3 Å². The van der Waals surface area contributed by atoms with Crippen LogP contribution in [0.4, 0.5) is 27.6 Å². The van der Waals surface area contributed by atoms with Gasteiger partial charge < -0.3 is 0 Å². The minimum Gasteiger partial charge on any atom is -0.297 e. The van der Waals surface area contributed by atoms with Gasteiger partial charge in [0.25, 0.3) is 0 Å². The number of rotatable bonds is 7. The number of anilines is 1. The molecule has 2 aromatic carbocycles. The zero-order valence-electron chi connectivity index (χ0n) is 19.5. The van der Waals surface area contributed by atoms with Crippen LogP contribution < -0.4 is 4.90 Å². The number of halogens is 5. The van der Waals surface area contributed by atoms with Crippen molar-refractivity contribution in [1.82, 2.24) is 20.2 Å². The second kappa shape index (κ2) is 10.5. The van der Waals surface area contributed by atoms with Gasteiger partial charge >= 0.3 is 5.91 Å². The van der Waals surface area contributed by atoms with Crippen molar-refractivity contribution in [3.63, 3.8) is 0 Å². The van der Waals surface area contributed by atoms with Crippen LogP contribution in [0.25, 0.3) is 5.69 Å². The lowest BCUT2D eigenvalue weighted by molar-refractivity contribution is -0.124. The Kier molecular flexibility index (Phi) is 7.33. The number of aromatic nitrogens is 4. The molecular formula is C25H20F5N5O2. The van der Waals surface area contributed by atoms with Crippen molar-refractivity contribution >= 4 is 17.4 Å². The van der Waals surface area contributed by atoms with Crippen LogP contribution in [0.5, 0.6) is 0 Å². The predicted molar refractivity (Wildman–Crippen MR) is 121 cm³/mol. The van der Waals surface area contributed by atoms with Crippen molar-refractivity contribution in [2.45, 2.75) is 45.1 Å². The van der Waals surface area contributed by atoms with E-state index in [9.17, 15) is 22.8 Å². The average Bonchev–Trinajstić information content (AvgIpc) is 3.60. The van der Waals surface area contributed by atoms with E-state index in [0.29, 0.717) is 29.0 Å². The third kappa shape index (κ3) is 4.81. The normalized spacial score (nSPS) is 14.4. The van der Waals surface area contributed by atoms with Crippen LogP contribution in [0.15, 0.2) is 24.5 Å². The Morgan fingerprint density at radius 1 is 1.08 bits per heavy atom. The molecule has 3 aromatic rings. The zero-order valence-corrected chi connectivity index (χ0v) is 19.5. The van der Waals surface area contributed by atoms with Crippen molar-refractivity contribution in [3.05, 3.63) is 64.7 Å². The fourth-order valence-corrected chi connectivity index (χ4v) is 4.68. The maximum Gasteiger partial charge on any atom is 0.303 e. The van der Waals surface area contributed by atoms with E-state index in [1.165, 1.54) is 29.2 Å². The summed E-state index contributed by atoms with van der Waals surface area (Å²) in [6.07, 6.45) is 9.34. The van der Waals surface area contributed by atoms with Gasteiger partial charge in [0.1, 0.15) is 12.4 Å². The van der Waals surface area contributed by atoms with Gasteiger partial charge in [-0.3, -0.25) is 14.5 Å². The number of hydrogen-bond donors (Lipinski definition) is 0. The highest BCUT2D eigenvalue weighted by Gasteiger charge is 2.40. The quantitative estimate of drug-likeness (QED) is 0.199. The summed E-state index contributed by atoms with van der Waals surface area (Å²) in [4.78, 5) is 27.1. The third-order valence-corrected chi connectivity index (χ3v) is 6.44. The smallest absolute Gasteiger partial charge is 0.297 e. The lowest BCUT2D eigenvalue weighted by Crippen LogP contribution is -2.40. The maximum atomic E-state index is 15.0. The molecule has 1 heterocycles. The van der Waals surface area contributed by atoms with E-state index in [2.05, 4.69) is 15.5 Å². The largest absolute Gasteiger partial charge is 0.303 e. The van der Waals surface area contributed by atoms with E-state index >= 15 is 8.78 Å². The number of Topliss-reactive ketones (excluding diaryl/α,β-unsaturated/α-hetero) is 1. The summed E-state index contributed by atoms with van der Waals surface area (Å²) < 4.78 is 73.6. The van der Waals surface area contributed by atoms with Gasteiger partial charge in [0.05, 0.1) is 11.3 Å². The summed E-state index contributed by atoms with van der Waals surface area (Å²) in [5.41, 5.74) is -0.609. The second-order valence-corrected chi connectivity index (χ2v) is 8.75. The van der Waals surface area contributed by atoms with Gasteiger partial charge in [-0.15, -0.1) is 11.5 Å². The molecular weight excluding hydrogens is 497 g/mol. The Balaban J connectivity index is 1.91. The molecule has 1 atom stereocenters. The highest BCUT2D eigenvalue weighted by molar-refractivity contribution is 6.10. The summed E-state index contributed by atoms with van der Waals surface area (Å²) in [5.74, 6) is -11.7. The number of benzene rings is 2. The fraction of sp³-hybridized carbons (Fsp3) is 0.320. The molecule has 4 rings (SSSR count). The van der Waals surface area contributed by atoms with E-state index in [1.807, 2.05) is 0 Å². The van der Waals surface area contributed by atoms with E-state index in [0.717, 1.165) is 12.8 Å². The standard InChI is InChI=1S/C25H20F5N5O2/c1-3-18(37)35(15-8-9-16(13(2)10-15)34-12-31-32-33-34)25(17(36)11-14-6-4-5-7-14)19-20(26)22(28)24(30)23(29)21(19)27/h1,8-10,12,14,25H,4-7,11H2,2H3. The van der Waals surface area contributed by atoms with E-state index in [-0.39, 0.29) is 18.0 Å². The Morgan fingerprint density at radius 3 is 2.24 bits per heavy atom. The Hall–Kier alpha value is -4.14. The monoisotopic (exact) mass is 517 g/mol. The average molecular weight is 517 g/mol. The highest BCUT2D eigenvalue weighted by atomic mass is 19.2. The number of carbonyl (C=O) groups is 2. The van der Waals surface area contributed by atoms with Crippen LogP contribution in [0.3, 0.4) is 0 Å². The number of hydrogen-bond acceptors (Lipinski definition) is 5. The molecule has 12 heteroatoms. The minimum absolute atomic E-state index is 0.0917. The zero-order chi connectivity index (χ0) is 26.9. The van der Waals surface area contributed by atoms with Crippen molar-refractivity contribution in [3.8, 4) is 18.0 Å². The highest BCUT2D eigenvalue weighted by Crippen LogP contribution is 2.38. The molecule has 0 aliphatic heterocycles. The molecule has 0 spiro atoms. The van der Waals surface area contributed by atoms with Crippen LogP contribution in [0.2, 0.25) is 0 Å². The number of nitrogens with zero attached hydrogens (tertiary/aromatic N) is 5. The topological polar surface area (TPSA) is 81.0 Å². The first-order valence-electron chi connectivity index (χ1n) is 11.3. The summed E-state index contributed by atoms with van der Waals surface area (Å²) in [7, 11) is 0. The molecule has 1 unspecified atom stereocenters. The van der Waals surface area contributed by atoms with Crippen LogP contribution in [-0.2, 0) is 9.59 Å². The first kappa shape index (κ1) is 25.9. The lowest BCUT2D eigenvalue weighted by Gasteiger charge is -2.31. The number of aryl methyl sites for hydroxylation is 1. The maximum absolute atomic E-state index is 15.0. The summed E-state index contributed by atoms with van der Waals surface area (Å²) >= 11 is 0. The molecule has 0 saturated heterocycles. The molecule has 0 radical (unpaired) electrons. The first-order valence-corrected chi connectivity index (χ1v) is 11.3. The Labute approximate surface area is 208 Å². The molecule has 0 N–H and O–H groups in total. The molecule has 1 saturated carbocycles. The molecule has 1 aliphatic carbocycles. The number of ketones is 1. The Morgan fingerprint density at radius 2 is 1.70 bits per heavy atom. The molecule has 1 aliphatic rings. The molecule has 192 valence electrons. The Bertz CT molecular complexity index is 1370. The van der Waals surface area contributed by atoms with Gasteiger partial charge in [0.2, 0.25) is 5.82 Å². The minimum atomic E-state index is -2.38. The van der Waals surface area contributed by atoms with Gasteiger partial charge in [0, 0.05) is 12.1 Å². The number of tetrazole rings is 1. The molecule has 37 heavy (non-hydrogen) atoms. The van der Waals surface area contributed by atoms with E-state index < -0.39 is 52.4 Å². The molecule has 1 amide bonds. The van der Waals surface area contributed by atoms with Gasteiger partial charge in [-0.25, -0.2) is 26.6 Å². The summed E-state index contributed by atoms with van der Waals surface area (Å²) in [6.45, 7) is 1.60. The fourth-order valence-electron chi connectivity index (χ4n) is 4.68. The number of terminal acetylenes is 1. The van der Waals surface area contributed by atoms with Crippen molar-refractivity contribution in [2.24, 2.45) is 5.92 Å².